The maximum Gasteiger partial charge on any atom is 0.207 e. The first kappa shape index (κ1) is 10.7. The van der Waals surface area contributed by atoms with E-state index in [0.717, 1.165) is 17.3 Å². The summed E-state index contributed by atoms with van der Waals surface area (Å²) in [4.78, 5) is 8.51. The molecule has 0 spiro atoms. The van der Waals surface area contributed by atoms with E-state index in [2.05, 4.69) is 33.7 Å². The molecule has 0 aliphatic rings. The smallest absolute Gasteiger partial charge is 0.207 e. The number of anilines is 2. The van der Waals surface area contributed by atoms with Crippen molar-refractivity contribution in [1.29, 1.82) is 0 Å². The summed E-state index contributed by atoms with van der Waals surface area (Å²) in [6.07, 6.45) is 5.58. The highest BCUT2D eigenvalue weighted by atomic mass is 15.2. The zero-order chi connectivity index (χ0) is 11.5. The van der Waals surface area contributed by atoms with Crippen LogP contribution in [0.3, 0.4) is 0 Å². The summed E-state index contributed by atoms with van der Waals surface area (Å²) < 4.78 is 2.08. The first-order valence-electron chi connectivity index (χ1n) is 5.39. The zero-order valence-corrected chi connectivity index (χ0v) is 9.81. The molecule has 2 heterocycles. The highest BCUT2D eigenvalue weighted by Crippen LogP contribution is 2.17. The highest BCUT2D eigenvalue weighted by Gasteiger charge is 2.05. The molecule has 0 radical (unpaired) electrons. The van der Waals surface area contributed by atoms with Crippen LogP contribution in [0, 0.1) is 6.92 Å². The second-order valence-corrected chi connectivity index (χ2v) is 4.07. The fourth-order valence-electron chi connectivity index (χ4n) is 1.50. The molecule has 84 valence electrons. The second kappa shape index (κ2) is 4.35. The first-order valence-corrected chi connectivity index (χ1v) is 5.39. The van der Waals surface area contributed by atoms with E-state index in [0.29, 0.717) is 6.04 Å². The lowest BCUT2D eigenvalue weighted by Gasteiger charge is -2.12. The van der Waals surface area contributed by atoms with Gasteiger partial charge in [-0.05, 0) is 32.9 Å². The van der Waals surface area contributed by atoms with Crippen LogP contribution >= 0.6 is 0 Å². The molecular weight excluding hydrogens is 200 g/mol. The third kappa shape index (κ3) is 2.21. The fraction of sp³-hybridized carbons (Fsp3) is 0.333. The summed E-state index contributed by atoms with van der Waals surface area (Å²) in [7, 11) is 0. The van der Waals surface area contributed by atoms with Crippen molar-refractivity contribution in [3.8, 4) is 0 Å². The summed E-state index contributed by atoms with van der Waals surface area (Å²) in [5.41, 5.74) is 1.97. The van der Waals surface area contributed by atoms with Crippen LogP contribution in [0.4, 0.5) is 11.6 Å². The Balaban J connectivity index is 2.20. The van der Waals surface area contributed by atoms with Crippen molar-refractivity contribution in [2.24, 2.45) is 0 Å². The van der Waals surface area contributed by atoms with Gasteiger partial charge in [-0.3, -0.25) is 4.98 Å². The molecule has 0 amide bonds. The molecule has 2 aromatic rings. The Morgan fingerprint density at radius 3 is 2.69 bits per heavy atom. The minimum atomic E-state index is 0.392. The minimum absolute atomic E-state index is 0.392. The minimum Gasteiger partial charge on any atom is -0.324 e. The van der Waals surface area contributed by atoms with E-state index in [4.69, 9.17) is 0 Å². The van der Waals surface area contributed by atoms with Crippen molar-refractivity contribution in [2.45, 2.75) is 26.8 Å². The molecule has 0 aliphatic carbocycles. The van der Waals surface area contributed by atoms with E-state index in [1.54, 1.807) is 6.20 Å². The summed E-state index contributed by atoms with van der Waals surface area (Å²) in [6, 6.07) is 4.37. The van der Waals surface area contributed by atoms with Gasteiger partial charge < -0.3 is 9.88 Å². The molecule has 16 heavy (non-hydrogen) atoms. The van der Waals surface area contributed by atoms with Crippen molar-refractivity contribution in [2.75, 3.05) is 5.32 Å². The molecule has 0 fully saturated rings. The van der Waals surface area contributed by atoms with Crippen LogP contribution in [0.2, 0.25) is 0 Å². The second-order valence-electron chi connectivity index (χ2n) is 4.07. The van der Waals surface area contributed by atoms with Gasteiger partial charge in [0.1, 0.15) is 0 Å². The Labute approximate surface area is 95.4 Å². The Hall–Kier alpha value is -1.84. The van der Waals surface area contributed by atoms with Gasteiger partial charge in [0.25, 0.3) is 0 Å². The molecule has 0 unspecified atom stereocenters. The number of nitrogens with one attached hydrogen (secondary N) is 1. The van der Waals surface area contributed by atoms with Gasteiger partial charge in [0, 0.05) is 24.1 Å². The summed E-state index contributed by atoms with van der Waals surface area (Å²) >= 11 is 0. The molecule has 0 aromatic carbocycles. The molecule has 0 saturated carbocycles. The zero-order valence-electron chi connectivity index (χ0n) is 9.81. The van der Waals surface area contributed by atoms with Crippen molar-refractivity contribution in [3.63, 3.8) is 0 Å². The van der Waals surface area contributed by atoms with E-state index in [-0.39, 0.29) is 0 Å². The Morgan fingerprint density at radius 1 is 1.25 bits per heavy atom. The van der Waals surface area contributed by atoms with Gasteiger partial charge in [0.05, 0.1) is 11.9 Å². The summed E-state index contributed by atoms with van der Waals surface area (Å²) in [5, 5.41) is 3.25. The maximum atomic E-state index is 4.28. The average Bonchev–Trinajstić information content (AvgIpc) is 2.69. The normalized spacial score (nSPS) is 10.8. The van der Waals surface area contributed by atoms with E-state index in [9.17, 15) is 0 Å². The number of imidazole rings is 1. The summed E-state index contributed by atoms with van der Waals surface area (Å²) in [5.74, 6) is 0.848. The molecule has 4 heteroatoms. The van der Waals surface area contributed by atoms with Gasteiger partial charge in [0.15, 0.2) is 0 Å². The van der Waals surface area contributed by atoms with Crippen molar-refractivity contribution in [3.05, 3.63) is 36.4 Å². The van der Waals surface area contributed by atoms with Crippen LogP contribution < -0.4 is 5.32 Å². The lowest BCUT2D eigenvalue weighted by atomic mass is 10.3. The van der Waals surface area contributed by atoms with Gasteiger partial charge >= 0.3 is 0 Å². The monoisotopic (exact) mass is 216 g/mol. The maximum absolute atomic E-state index is 4.28. The summed E-state index contributed by atoms with van der Waals surface area (Å²) in [6.45, 7) is 6.22. The fourth-order valence-corrected chi connectivity index (χ4v) is 1.50. The molecule has 0 saturated heterocycles. The number of aryl methyl sites for hydroxylation is 1. The Morgan fingerprint density at radius 2 is 2.06 bits per heavy atom. The largest absolute Gasteiger partial charge is 0.324 e. The van der Waals surface area contributed by atoms with Crippen molar-refractivity contribution < 1.29 is 0 Å². The Bertz CT molecular complexity index is 456. The molecule has 2 aromatic heterocycles. The van der Waals surface area contributed by atoms with E-state index in [1.807, 2.05) is 31.5 Å². The average molecular weight is 216 g/mol. The van der Waals surface area contributed by atoms with Gasteiger partial charge in [0.2, 0.25) is 5.95 Å². The van der Waals surface area contributed by atoms with E-state index in [1.165, 1.54) is 0 Å². The van der Waals surface area contributed by atoms with E-state index >= 15 is 0 Å². The molecule has 0 aliphatic heterocycles. The molecule has 0 bridgehead atoms. The van der Waals surface area contributed by atoms with Crippen LogP contribution in [0.5, 0.6) is 0 Å². The van der Waals surface area contributed by atoms with Crippen LogP contribution in [0.1, 0.15) is 25.6 Å². The number of hydrogen-bond donors (Lipinski definition) is 1. The molecule has 2 rings (SSSR count). The van der Waals surface area contributed by atoms with Crippen LogP contribution in [-0.2, 0) is 0 Å². The quantitative estimate of drug-likeness (QED) is 0.857. The Kier molecular flexibility index (Phi) is 2.90. The first-order chi connectivity index (χ1) is 7.66. The SMILES string of the molecule is Cc1ccc(Nc2nccn2C(C)C)cn1. The van der Waals surface area contributed by atoms with Gasteiger partial charge in [-0.2, -0.15) is 0 Å². The third-order valence-electron chi connectivity index (χ3n) is 2.39. The number of pyridine rings is 1. The van der Waals surface area contributed by atoms with E-state index < -0.39 is 0 Å². The van der Waals surface area contributed by atoms with Crippen LogP contribution in [0.25, 0.3) is 0 Å². The third-order valence-corrected chi connectivity index (χ3v) is 2.39. The number of aromatic nitrogens is 3. The molecular formula is C12H16N4. The predicted octanol–water partition coefficient (Wildman–Crippen LogP) is 2.91. The lowest BCUT2D eigenvalue weighted by Crippen LogP contribution is -2.05. The number of nitrogens with zero attached hydrogens (tertiary/aromatic N) is 3. The molecule has 4 nitrogen and oxygen atoms in total. The van der Waals surface area contributed by atoms with Crippen molar-refractivity contribution >= 4 is 11.6 Å². The standard InChI is InChI=1S/C12H16N4/c1-9(2)16-7-6-13-12(16)15-11-5-4-10(3)14-8-11/h4-9H,1-3H3,(H,13,15). The van der Waals surface area contributed by atoms with Gasteiger partial charge in [-0.1, -0.05) is 0 Å². The number of hydrogen-bond acceptors (Lipinski definition) is 3. The number of rotatable bonds is 3. The van der Waals surface area contributed by atoms with Gasteiger partial charge in [-0.25, -0.2) is 4.98 Å². The highest BCUT2D eigenvalue weighted by molar-refractivity contribution is 5.52. The van der Waals surface area contributed by atoms with Crippen LogP contribution in [0.15, 0.2) is 30.7 Å². The van der Waals surface area contributed by atoms with Gasteiger partial charge in [-0.15, -0.1) is 0 Å². The van der Waals surface area contributed by atoms with Crippen molar-refractivity contribution in [1.82, 2.24) is 14.5 Å². The molecule has 1 N–H and O–H groups in total. The topological polar surface area (TPSA) is 42.7 Å². The lowest BCUT2D eigenvalue weighted by molar-refractivity contribution is 0.608. The molecule has 0 atom stereocenters. The van der Waals surface area contributed by atoms with Crippen LogP contribution in [-0.4, -0.2) is 14.5 Å². The predicted molar refractivity (Wildman–Crippen MR) is 64.9 cm³/mol.